The molecule has 34 heavy (non-hydrogen) atoms. The molecule has 1 unspecified atom stereocenters. The molecule has 7 nitrogen and oxygen atoms in total. The standard InChI is InChI=1S/C24H19F3N6O/c25-24(26,27)17-5-1-4-15(10-17)18-13-30-32-22(18)21-8-3-9-33(21)23(34)20-7-2-6-19(31-20)16-11-28-14-29-12-16/h1-2,4-7,10-14,21H,3,8-9H2,(H,30,32). The van der Waals surface area contributed by atoms with E-state index < -0.39 is 11.7 Å². The average Bonchev–Trinajstić information content (AvgIpc) is 3.53. The Hall–Kier alpha value is -4.08. The van der Waals surface area contributed by atoms with Gasteiger partial charge in [-0.1, -0.05) is 18.2 Å². The van der Waals surface area contributed by atoms with Crippen LogP contribution in [0.5, 0.6) is 0 Å². The second-order valence-electron chi connectivity index (χ2n) is 7.97. The predicted molar refractivity (Wildman–Crippen MR) is 117 cm³/mol. The van der Waals surface area contributed by atoms with Crippen LogP contribution >= 0.6 is 0 Å². The van der Waals surface area contributed by atoms with Crippen molar-refractivity contribution in [3.05, 3.63) is 84.3 Å². The molecule has 1 atom stereocenters. The monoisotopic (exact) mass is 464 g/mol. The third-order valence-corrected chi connectivity index (χ3v) is 5.84. The summed E-state index contributed by atoms with van der Waals surface area (Å²) < 4.78 is 39.7. The zero-order valence-electron chi connectivity index (χ0n) is 17.8. The second-order valence-corrected chi connectivity index (χ2v) is 7.97. The first-order valence-corrected chi connectivity index (χ1v) is 10.7. The number of benzene rings is 1. The number of aromatic nitrogens is 5. The number of hydrogen-bond acceptors (Lipinski definition) is 5. The van der Waals surface area contributed by atoms with Crippen LogP contribution in [0.25, 0.3) is 22.4 Å². The van der Waals surface area contributed by atoms with E-state index in [4.69, 9.17) is 0 Å². The van der Waals surface area contributed by atoms with Gasteiger partial charge in [0.15, 0.2) is 0 Å². The van der Waals surface area contributed by atoms with Crippen molar-refractivity contribution >= 4 is 5.91 Å². The Kier molecular flexibility index (Phi) is 5.56. The van der Waals surface area contributed by atoms with Crippen LogP contribution in [0.3, 0.4) is 0 Å². The maximum Gasteiger partial charge on any atom is 0.416 e. The first kappa shape index (κ1) is 21.7. The van der Waals surface area contributed by atoms with Gasteiger partial charge in [0.25, 0.3) is 5.91 Å². The topological polar surface area (TPSA) is 87.7 Å². The SMILES string of the molecule is O=C(c1cccc(-c2cncnc2)n1)N1CCCC1c1[nH]ncc1-c1cccc(C(F)(F)F)c1. The zero-order valence-corrected chi connectivity index (χ0v) is 17.8. The van der Waals surface area contributed by atoms with Crippen molar-refractivity contribution in [3.63, 3.8) is 0 Å². The summed E-state index contributed by atoms with van der Waals surface area (Å²) in [4.78, 5) is 27.6. The second kappa shape index (κ2) is 8.69. The Bertz CT molecular complexity index is 1320. The number of amides is 1. The molecule has 1 saturated heterocycles. The molecule has 1 aliphatic rings. The smallest absolute Gasteiger partial charge is 0.329 e. The molecule has 5 rings (SSSR count). The third kappa shape index (κ3) is 4.14. The van der Waals surface area contributed by atoms with Crippen LogP contribution in [0.4, 0.5) is 13.2 Å². The van der Waals surface area contributed by atoms with Crippen LogP contribution in [-0.2, 0) is 6.18 Å². The summed E-state index contributed by atoms with van der Waals surface area (Å²) in [6.07, 6.45) is 3.12. The van der Waals surface area contributed by atoms with Gasteiger partial charge in [0, 0.05) is 30.1 Å². The van der Waals surface area contributed by atoms with E-state index in [1.165, 1.54) is 18.6 Å². The minimum atomic E-state index is -4.45. The molecule has 1 aromatic carbocycles. The number of nitrogens with one attached hydrogen (secondary N) is 1. The number of carbonyl (C=O) groups excluding carboxylic acids is 1. The van der Waals surface area contributed by atoms with Gasteiger partial charge < -0.3 is 4.90 Å². The van der Waals surface area contributed by atoms with Crippen LogP contribution in [0.2, 0.25) is 0 Å². The lowest BCUT2D eigenvalue weighted by atomic mass is 9.99. The molecular formula is C24H19F3N6O. The van der Waals surface area contributed by atoms with Gasteiger partial charge in [-0.25, -0.2) is 15.0 Å². The van der Waals surface area contributed by atoms with Gasteiger partial charge in [-0.05, 0) is 42.7 Å². The maximum absolute atomic E-state index is 13.4. The normalized spacial score (nSPS) is 16.1. The fraction of sp³-hybridized carbons (Fsp3) is 0.208. The Balaban J connectivity index is 1.46. The van der Waals surface area contributed by atoms with Gasteiger partial charge in [0.1, 0.15) is 12.0 Å². The molecule has 0 aliphatic carbocycles. The van der Waals surface area contributed by atoms with E-state index in [0.717, 1.165) is 18.6 Å². The van der Waals surface area contributed by atoms with Gasteiger partial charge in [-0.3, -0.25) is 9.89 Å². The Morgan fingerprint density at radius 2 is 1.82 bits per heavy atom. The van der Waals surface area contributed by atoms with Gasteiger partial charge in [-0.2, -0.15) is 18.3 Å². The number of halogens is 3. The van der Waals surface area contributed by atoms with E-state index in [1.54, 1.807) is 41.6 Å². The highest BCUT2D eigenvalue weighted by atomic mass is 19.4. The van der Waals surface area contributed by atoms with Gasteiger partial charge in [0.05, 0.1) is 29.2 Å². The number of pyridine rings is 1. The molecular weight excluding hydrogens is 445 g/mol. The fourth-order valence-electron chi connectivity index (χ4n) is 4.25. The number of aromatic amines is 1. The molecule has 0 spiro atoms. The number of alkyl halides is 3. The summed E-state index contributed by atoms with van der Waals surface area (Å²) in [5.41, 5.74) is 2.35. The summed E-state index contributed by atoms with van der Waals surface area (Å²) in [5, 5.41) is 7.00. The molecule has 3 aromatic heterocycles. The molecule has 1 aliphatic heterocycles. The molecule has 1 N–H and O–H groups in total. The summed E-state index contributed by atoms with van der Waals surface area (Å²) in [6, 6.07) is 9.92. The number of likely N-dealkylation sites (tertiary alicyclic amines) is 1. The van der Waals surface area contributed by atoms with E-state index in [0.29, 0.717) is 41.0 Å². The van der Waals surface area contributed by atoms with Crippen LogP contribution in [0.15, 0.2) is 67.4 Å². The molecule has 4 heterocycles. The molecule has 1 amide bonds. The molecule has 172 valence electrons. The summed E-state index contributed by atoms with van der Waals surface area (Å²) >= 11 is 0. The average molecular weight is 464 g/mol. The van der Waals surface area contributed by atoms with Crippen molar-refractivity contribution in [1.29, 1.82) is 0 Å². The lowest BCUT2D eigenvalue weighted by molar-refractivity contribution is -0.137. The molecule has 0 radical (unpaired) electrons. The highest BCUT2D eigenvalue weighted by Crippen LogP contribution is 2.39. The highest BCUT2D eigenvalue weighted by Gasteiger charge is 2.35. The van der Waals surface area contributed by atoms with Crippen LogP contribution in [0, 0.1) is 0 Å². The van der Waals surface area contributed by atoms with Crippen LogP contribution in [-0.4, -0.2) is 42.5 Å². The van der Waals surface area contributed by atoms with E-state index in [2.05, 4.69) is 25.1 Å². The first-order valence-electron chi connectivity index (χ1n) is 10.7. The zero-order chi connectivity index (χ0) is 23.7. The minimum absolute atomic E-state index is 0.259. The minimum Gasteiger partial charge on any atom is -0.329 e. The van der Waals surface area contributed by atoms with E-state index in [1.807, 2.05) is 0 Å². The number of carbonyl (C=O) groups is 1. The van der Waals surface area contributed by atoms with Gasteiger partial charge >= 0.3 is 6.18 Å². The fourth-order valence-corrected chi connectivity index (χ4v) is 4.25. The van der Waals surface area contributed by atoms with Crippen LogP contribution in [0.1, 0.15) is 40.6 Å². The number of nitrogens with zero attached hydrogens (tertiary/aromatic N) is 5. The molecule has 1 fully saturated rings. The van der Waals surface area contributed by atoms with Crippen molar-refractivity contribution in [3.8, 4) is 22.4 Å². The van der Waals surface area contributed by atoms with Crippen molar-refractivity contribution in [2.45, 2.75) is 25.1 Å². The number of hydrogen-bond donors (Lipinski definition) is 1. The molecule has 4 aromatic rings. The highest BCUT2D eigenvalue weighted by molar-refractivity contribution is 5.93. The number of H-pyrrole nitrogens is 1. The molecule has 0 bridgehead atoms. The van der Waals surface area contributed by atoms with Crippen molar-refractivity contribution < 1.29 is 18.0 Å². The number of rotatable bonds is 4. The van der Waals surface area contributed by atoms with Crippen molar-refractivity contribution in [2.75, 3.05) is 6.54 Å². The van der Waals surface area contributed by atoms with Gasteiger partial charge in [0.2, 0.25) is 0 Å². The lowest BCUT2D eigenvalue weighted by Gasteiger charge is -2.24. The van der Waals surface area contributed by atoms with Gasteiger partial charge in [-0.15, -0.1) is 0 Å². The van der Waals surface area contributed by atoms with Crippen molar-refractivity contribution in [2.24, 2.45) is 0 Å². The first-order chi connectivity index (χ1) is 16.4. The van der Waals surface area contributed by atoms with E-state index >= 15 is 0 Å². The van der Waals surface area contributed by atoms with E-state index in [-0.39, 0.29) is 17.6 Å². The Labute approximate surface area is 192 Å². The Morgan fingerprint density at radius 1 is 1.03 bits per heavy atom. The van der Waals surface area contributed by atoms with Crippen LogP contribution < -0.4 is 0 Å². The maximum atomic E-state index is 13.4. The predicted octanol–water partition coefficient (Wildman–Crippen LogP) is 4.92. The summed E-state index contributed by atoms with van der Waals surface area (Å²) in [6.45, 7) is 0.505. The third-order valence-electron chi connectivity index (χ3n) is 5.84. The quantitative estimate of drug-likeness (QED) is 0.463. The van der Waals surface area contributed by atoms with E-state index in [9.17, 15) is 18.0 Å². The molecule has 10 heteroatoms. The largest absolute Gasteiger partial charge is 0.416 e. The molecule has 0 saturated carbocycles. The Morgan fingerprint density at radius 3 is 2.62 bits per heavy atom. The summed E-state index contributed by atoms with van der Waals surface area (Å²) in [7, 11) is 0. The lowest BCUT2D eigenvalue weighted by Crippen LogP contribution is -2.31. The summed E-state index contributed by atoms with van der Waals surface area (Å²) in [5.74, 6) is -0.259. The van der Waals surface area contributed by atoms with Crippen molar-refractivity contribution in [1.82, 2.24) is 30.0 Å².